The van der Waals surface area contributed by atoms with E-state index in [-0.39, 0.29) is 0 Å². The Morgan fingerprint density at radius 3 is 2.59 bits per heavy atom. The highest BCUT2D eigenvalue weighted by Crippen LogP contribution is 2.19. The van der Waals surface area contributed by atoms with E-state index in [4.69, 9.17) is 5.73 Å². The minimum atomic E-state index is 0.787. The number of nitrogens with two attached hydrogens (primary N) is 1. The molecule has 3 heteroatoms. The van der Waals surface area contributed by atoms with Gasteiger partial charge in [0.15, 0.2) is 0 Å². The van der Waals surface area contributed by atoms with Crippen molar-refractivity contribution in [2.24, 2.45) is 0 Å². The molecule has 0 bridgehead atoms. The lowest BCUT2D eigenvalue weighted by Crippen LogP contribution is -2.06. The maximum atomic E-state index is 5.76. The normalized spacial score (nSPS) is 10.6. The fourth-order valence-electron chi connectivity index (χ4n) is 1.91. The van der Waals surface area contributed by atoms with Gasteiger partial charge in [0.2, 0.25) is 0 Å². The maximum Gasteiger partial charge on any atom is 0.0697 e. The van der Waals surface area contributed by atoms with Gasteiger partial charge < -0.3 is 5.73 Å². The summed E-state index contributed by atoms with van der Waals surface area (Å²) in [5.74, 6) is 0. The first kappa shape index (κ1) is 9.78. The lowest BCUT2D eigenvalue weighted by molar-refractivity contribution is 1.01. The van der Waals surface area contributed by atoms with E-state index in [0.29, 0.717) is 0 Å². The van der Waals surface area contributed by atoms with Crippen molar-refractivity contribution in [3.63, 3.8) is 0 Å². The molecular formula is C14H13N3. The van der Waals surface area contributed by atoms with E-state index in [2.05, 4.69) is 5.43 Å². The topological polar surface area (TPSA) is 43.0 Å². The molecule has 2 aromatic carbocycles. The Balaban J connectivity index is 2.01. The van der Waals surface area contributed by atoms with Gasteiger partial charge in [-0.25, -0.2) is 0 Å². The van der Waals surface area contributed by atoms with E-state index in [9.17, 15) is 0 Å². The molecule has 17 heavy (non-hydrogen) atoms. The number of rotatable bonds is 2. The number of aromatic nitrogens is 1. The van der Waals surface area contributed by atoms with E-state index in [0.717, 1.165) is 22.3 Å². The molecule has 0 aliphatic carbocycles. The summed E-state index contributed by atoms with van der Waals surface area (Å²) in [6.45, 7) is 0. The lowest BCUT2D eigenvalue weighted by atomic mass is 10.2. The average molecular weight is 223 g/mol. The van der Waals surface area contributed by atoms with Crippen molar-refractivity contribution in [3.05, 3.63) is 60.8 Å². The van der Waals surface area contributed by atoms with Crippen LogP contribution < -0.4 is 11.2 Å². The van der Waals surface area contributed by atoms with Gasteiger partial charge in [0.05, 0.1) is 11.2 Å². The molecule has 1 aromatic heterocycles. The Kier molecular flexibility index (Phi) is 2.22. The van der Waals surface area contributed by atoms with Gasteiger partial charge in [-0.3, -0.25) is 10.1 Å². The summed E-state index contributed by atoms with van der Waals surface area (Å²) in [5.41, 5.74) is 12.0. The Bertz CT molecular complexity index is 641. The second-order valence-electron chi connectivity index (χ2n) is 3.98. The van der Waals surface area contributed by atoms with Crippen LogP contribution in [-0.4, -0.2) is 4.68 Å². The van der Waals surface area contributed by atoms with E-state index in [1.807, 2.05) is 65.5 Å². The quantitative estimate of drug-likeness (QED) is 0.655. The number of hydrogen-bond acceptors (Lipinski definition) is 2. The minimum absolute atomic E-state index is 0.787. The fourth-order valence-corrected chi connectivity index (χ4v) is 1.91. The van der Waals surface area contributed by atoms with Crippen LogP contribution in [0.2, 0.25) is 0 Å². The highest BCUT2D eigenvalue weighted by Gasteiger charge is 2.00. The van der Waals surface area contributed by atoms with E-state index in [1.165, 1.54) is 0 Å². The number of benzene rings is 2. The van der Waals surface area contributed by atoms with Gasteiger partial charge in [-0.05, 0) is 36.4 Å². The number of para-hydroxylation sites is 1. The molecule has 84 valence electrons. The summed E-state index contributed by atoms with van der Waals surface area (Å²) in [6.07, 6.45) is 2.00. The fraction of sp³-hybridized carbons (Fsp3) is 0. The van der Waals surface area contributed by atoms with Crippen molar-refractivity contribution in [2.45, 2.75) is 0 Å². The standard InChI is InChI=1S/C14H13N3/c15-12-6-7-14-11(10-12)8-9-17(14)16-13-4-2-1-3-5-13/h1-10,16H,15H2. The van der Waals surface area contributed by atoms with E-state index in [1.54, 1.807) is 0 Å². The summed E-state index contributed by atoms with van der Waals surface area (Å²) in [4.78, 5) is 0. The first-order chi connectivity index (χ1) is 8.33. The van der Waals surface area contributed by atoms with Crippen LogP contribution in [0.15, 0.2) is 60.8 Å². The van der Waals surface area contributed by atoms with Crippen molar-refractivity contribution < 1.29 is 0 Å². The van der Waals surface area contributed by atoms with Gasteiger partial charge in [0.25, 0.3) is 0 Å². The summed E-state index contributed by atoms with van der Waals surface area (Å²) in [5, 5.41) is 1.13. The van der Waals surface area contributed by atoms with Gasteiger partial charge in [-0.1, -0.05) is 18.2 Å². The predicted octanol–water partition coefficient (Wildman–Crippen LogP) is 3.10. The zero-order chi connectivity index (χ0) is 11.7. The average Bonchev–Trinajstić information content (AvgIpc) is 2.73. The smallest absolute Gasteiger partial charge is 0.0697 e. The number of anilines is 2. The third-order valence-corrected chi connectivity index (χ3v) is 2.74. The summed E-state index contributed by atoms with van der Waals surface area (Å²) in [7, 11) is 0. The van der Waals surface area contributed by atoms with Crippen LogP contribution in [0, 0.1) is 0 Å². The Hall–Kier alpha value is -2.42. The van der Waals surface area contributed by atoms with Crippen LogP contribution in [0.3, 0.4) is 0 Å². The number of nitrogen functional groups attached to an aromatic ring is 1. The maximum absolute atomic E-state index is 5.76. The van der Waals surface area contributed by atoms with Crippen molar-refractivity contribution >= 4 is 22.3 Å². The first-order valence-electron chi connectivity index (χ1n) is 5.51. The van der Waals surface area contributed by atoms with Gasteiger partial charge in [-0.15, -0.1) is 0 Å². The van der Waals surface area contributed by atoms with E-state index < -0.39 is 0 Å². The molecule has 0 saturated heterocycles. The van der Waals surface area contributed by atoms with Crippen molar-refractivity contribution in [2.75, 3.05) is 11.2 Å². The number of nitrogens with zero attached hydrogens (tertiary/aromatic N) is 1. The molecule has 3 rings (SSSR count). The Morgan fingerprint density at radius 1 is 0.941 bits per heavy atom. The molecule has 0 radical (unpaired) electrons. The molecule has 0 unspecified atom stereocenters. The number of nitrogens with one attached hydrogen (secondary N) is 1. The highest BCUT2D eigenvalue weighted by atomic mass is 15.4. The van der Waals surface area contributed by atoms with Gasteiger partial charge in [0.1, 0.15) is 0 Å². The van der Waals surface area contributed by atoms with Crippen LogP contribution in [0.25, 0.3) is 10.9 Å². The summed E-state index contributed by atoms with van der Waals surface area (Å²) < 4.78 is 1.99. The lowest BCUT2D eigenvalue weighted by Gasteiger charge is -2.09. The molecule has 0 amide bonds. The van der Waals surface area contributed by atoms with Gasteiger partial charge in [0, 0.05) is 17.3 Å². The first-order valence-corrected chi connectivity index (χ1v) is 5.51. The van der Waals surface area contributed by atoms with Crippen LogP contribution in [0.4, 0.5) is 11.4 Å². The molecule has 0 spiro atoms. The molecule has 3 aromatic rings. The van der Waals surface area contributed by atoms with Gasteiger partial charge in [-0.2, -0.15) is 0 Å². The van der Waals surface area contributed by atoms with Crippen molar-refractivity contribution in [3.8, 4) is 0 Å². The molecule has 0 aliphatic rings. The molecule has 0 aliphatic heterocycles. The Labute approximate surface area is 99.4 Å². The minimum Gasteiger partial charge on any atom is -0.399 e. The number of fused-ring (bicyclic) bond motifs is 1. The Morgan fingerprint density at radius 2 is 1.76 bits per heavy atom. The zero-order valence-electron chi connectivity index (χ0n) is 9.30. The molecule has 0 saturated carbocycles. The molecule has 0 fully saturated rings. The second-order valence-corrected chi connectivity index (χ2v) is 3.98. The molecule has 3 N–H and O–H groups in total. The van der Waals surface area contributed by atoms with Crippen molar-refractivity contribution in [1.29, 1.82) is 0 Å². The van der Waals surface area contributed by atoms with Crippen molar-refractivity contribution in [1.82, 2.24) is 4.68 Å². The van der Waals surface area contributed by atoms with E-state index >= 15 is 0 Å². The number of hydrogen-bond donors (Lipinski definition) is 2. The predicted molar refractivity (Wildman–Crippen MR) is 71.8 cm³/mol. The van der Waals surface area contributed by atoms with Crippen LogP contribution in [-0.2, 0) is 0 Å². The van der Waals surface area contributed by atoms with Crippen LogP contribution in [0.5, 0.6) is 0 Å². The molecular weight excluding hydrogens is 210 g/mol. The zero-order valence-corrected chi connectivity index (χ0v) is 9.30. The molecule has 0 atom stereocenters. The summed E-state index contributed by atoms with van der Waals surface area (Å²) >= 11 is 0. The largest absolute Gasteiger partial charge is 0.399 e. The highest BCUT2D eigenvalue weighted by molar-refractivity contribution is 5.83. The summed E-state index contributed by atoms with van der Waals surface area (Å²) in [6, 6.07) is 18.0. The van der Waals surface area contributed by atoms with Crippen LogP contribution >= 0.6 is 0 Å². The van der Waals surface area contributed by atoms with Crippen LogP contribution in [0.1, 0.15) is 0 Å². The molecule has 3 nitrogen and oxygen atoms in total. The third-order valence-electron chi connectivity index (χ3n) is 2.74. The molecule has 1 heterocycles. The van der Waals surface area contributed by atoms with Gasteiger partial charge >= 0.3 is 0 Å². The SMILES string of the molecule is Nc1ccc2c(ccn2Nc2ccccc2)c1. The second kappa shape index (κ2) is 3.87. The monoisotopic (exact) mass is 223 g/mol. The third kappa shape index (κ3) is 1.83.